The van der Waals surface area contributed by atoms with Gasteiger partial charge in [0.05, 0.1) is 16.8 Å². The minimum absolute atomic E-state index is 0.171. The van der Waals surface area contributed by atoms with Crippen molar-refractivity contribution in [3.8, 4) is 0 Å². The predicted octanol–water partition coefficient (Wildman–Crippen LogP) is 2.55. The highest BCUT2D eigenvalue weighted by Gasteiger charge is 2.23. The molecule has 0 bridgehead atoms. The van der Waals surface area contributed by atoms with Gasteiger partial charge < -0.3 is 10.2 Å². The van der Waals surface area contributed by atoms with Gasteiger partial charge in [0.15, 0.2) is 5.11 Å². The highest BCUT2D eigenvalue weighted by Crippen LogP contribution is 2.20. The molecule has 29 heavy (non-hydrogen) atoms. The molecule has 10 heteroatoms. The lowest BCUT2D eigenvalue weighted by Crippen LogP contribution is -2.48. The summed E-state index contributed by atoms with van der Waals surface area (Å²) >= 11 is 11.2. The molecule has 154 valence electrons. The molecule has 0 unspecified atom stereocenters. The van der Waals surface area contributed by atoms with Crippen LogP contribution in [0.15, 0.2) is 48.5 Å². The van der Waals surface area contributed by atoms with Crippen molar-refractivity contribution in [3.05, 3.63) is 59.1 Å². The van der Waals surface area contributed by atoms with E-state index in [4.69, 9.17) is 23.8 Å². The minimum atomic E-state index is -3.14. The first-order chi connectivity index (χ1) is 13.7. The average Bonchev–Trinajstić information content (AvgIpc) is 2.68. The molecular formula is C19H21ClN4O3S2. The summed E-state index contributed by atoms with van der Waals surface area (Å²) < 4.78 is 24.7. The summed E-state index contributed by atoms with van der Waals surface area (Å²) in [5, 5.41) is 6.10. The van der Waals surface area contributed by atoms with E-state index in [1.54, 1.807) is 24.3 Å². The van der Waals surface area contributed by atoms with Gasteiger partial charge in [0.1, 0.15) is 0 Å². The summed E-state index contributed by atoms with van der Waals surface area (Å²) in [6.45, 7) is 2.20. The van der Waals surface area contributed by atoms with Crippen molar-refractivity contribution in [3.63, 3.8) is 0 Å². The Hall–Kier alpha value is -2.20. The highest BCUT2D eigenvalue weighted by molar-refractivity contribution is 7.88. The number of sulfonamides is 1. The number of rotatable bonds is 4. The summed E-state index contributed by atoms with van der Waals surface area (Å²) in [4.78, 5) is 14.4. The number of piperazine rings is 1. The maximum absolute atomic E-state index is 12.2. The zero-order valence-electron chi connectivity index (χ0n) is 15.8. The Bertz CT molecular complexity index is 1000. The minimum Gasteiger partial charge on any atom is -0.369 e. The van der Waals surface area contributed by atoms with Crippen LogP contribution in [0.25, 0.3) is 0 Å². The molecule has 0 saturated carbocycles. The summed E-state index contributed by atoms with van der Waals surface area (Å²) in [7, 11) is -3.14. The van der Waals surface area contributed by atoms with Gasteiger partial charge in [-0.25, -0.2) is 8.42 Å². The number of hydrogen-bond donors (Lipinski definition) is 2. The van der Waals surface area contributed by atoms with Crippen molar-refractivity contribution in [1.29, 1.82) is 0 Å². The zero-order valence-corrected chi connectivity index (χ0v) is 18.1. The Morgan fingerprint density at radius 1 is 1.03 bits per heavy atom. The summed E-state index contributed by atoms with van der Waals surface area (Å²) in [6.07, 6.45) is 1.23. The van der Waals surface area contributed by atoms with Crippen LogP contribution in [-0.2, 0) is 10.0 Å². The second kappa shape index (κ2) is 9.08. The standard InChI is InChI=1S/C19H21ClN4O3S2/c1-29(26,27)24-12-10-23(11-13-24)15-8-6-14(7-9-15)21-19(28)22-18(25)16-4-2-3-5-17(16)20/h2-9H,10-13H2,1H3,(H2,21,22,25,28). The van der Waals surface area contributed by atoms with Gasteiger partial charge in [-0.15, -0.1) is 0 Å². The molecule has 2 N–H and O–H groups in total. The first kappa shape index (κ1) is 21.5. The number of amides is 1. The number of nitrogens with one attached hydrogen (secondary N) is 2. The monoisotopic (exact) mass is 452 g/mol. The zero-order chi connectivity index (χ0) is 21.0. The van der Waals surface area contributed by atoms with Crippen molar-refractivity contribution in [2.75, 3.05) is 42.7 Å². The van der Waals surface area contributed by atoms with Crippen LogP contribution < -0.4 is 15.5 Å². The van der Waals surface area contributed by atoms with E-state index in [2.05, 4.69) is 15.5 Å². The smallest absolute Gasteiger partial charge is 0.258 e. The number of nitrogens with zero attached hydrogens (tertiary/aromatic N) is 2. The lowest BCUT2D eigenvalue weighted by Gasteiger charge is -2.34. The van der Waals surface area contributed by atoms with Crippen LogP contribution in [0.5, 0.6) is 0 Å². The van der Waals surface area contributed by atoms with Crippen molar-refractivity contribution in [2.45, 2.75) is 0 Å². The summed E-state index contributed by atoms with van der Waals surface area (Å²) in [5.74, 6) is -0.381. The van der Waals surface area contributed by atoms with E-state index in [1.807, 2.05) is 24.3 Å². The number of thiocarbonyl (C=S) groups is 1. The Balaban J connectivity index is 1.55. The van der Waals surface area contributed by atoms with Crippen LogP contribution in [0.1, 0.15) is 10.4 Å². The van der Waals surface area contributed by atoms with E-state index in [0.29, 0.717) is 36.8 Å². The lowest BCUT2D eigenvalue weighted by molar-refractivity contribution is 0.0978. The molecule has 1 heterocycles. The molecule has 3 rings (SSSR count). The van der Waals surface area contributed by atoms with Crippen LogP contribution in [-0.4, -0.2) is 56.2 Å². The molecular weight excluding hydrogens is 432 g/mol. The topological polar surface area (TPSA) is 81.8 Å². The van der Waals surface area contributed by atoms with Gasteiger partial charge in [0.25, 0.3) is 5.91 Å². The molecule has 0 aliphatic carbocycles. The fourth-order valence-electron chi connectivity index (χ4n) is 3.01. The first-order valence-electron chi connectivity index (χ1n) is 8.91. The second-order valence-electron chi connectivity index (χ2n) is 6.58. The van der Waals surface area contributed by atoms with Gasteiger partial charge in [-0.2, -0.15) is 4.31 Å². The number of carbonyl (C=O) groups excluding carboxylic acids is 1. The van der Waals surface area contributed by atoms with Gasteiger partial charge in [-0.3, -0.25) is 10.1 Å². The Kier molecular flexibility index (Phi) is 6.74. The molecule has 2 aromatic rings. The van der Waals surface area contributed by atoms with Gasteiger partial charge in [-0.1, -0.05) is 23.7 Å². The Morgan fingerprint density at radius 2 is 1.66 bits per heavy atom. The van der Waals surface area contributed by atoms with Crippen LogP contribution in [0, 0.1) is 0 Å². The van der Waals surface area contributed by atoms with Crippen molar-refractivity contribution in [1.82, 2.24) is 9.62 Å². The largest absolute Gasteiger partial charge is 0.369 e. The molecule has 2 aromatic carbocycles. The third-order valence-corrected chi connectivity index (χ3v) is 6.38. The molecule has 0 aromatic heterocycles. The summed E-state index contributed by atoms with van der Waals surface area (Å²) in [6, 6.07) is 14.3. The van der Waals surface area contributed by atoms with E-state index in [1.165, 1.54) is 10.6 Å². The first-order valence-corrected chi connectivity index (χ1v) is 11.5. The molecule has 1 aliphatic heterocycles. The van der Waals surface area contributed by atoms with Crippen LogP contribution in [0.3, 0.4) is 0 Å². The molecule has 0 atom stereocenters. The molecule has 1 amide bonds. The fourth-order valence-corrected chi connectivity index (χ4v) is 4.27. The Labute approximate surface area is 180 Å². The van der Waals surface area contributed by atoms with Gasteiger partial charge in [0, 0.05) is 37.6 Å². The van der Waals surface area contributed by atoms with Crippen LogP contribution in [0.2, 0.25) is 5.02 Å². The second-order valence-corrected chi connectivity index (χ2v) is 9.38. The number of halogens is 1. The lowest BCUT2D eigenvalue weighted by atomic mass is 10.2. The maximum atomic E-state index is 12.2. The summed E-state index contributed by atoms with van der Waals surface area (Å²) in [5.41, 5.74) is 2.07. The van der Waals surface area contributed by atoms with E-state index in [9.17, 15) is 13.2 Å². The van der Waals surface area contributed by atoms with Crippen LogP contribution >= 0.6 is 23.8 Å². The Morgan fingerprint density at radius 3 is 2.24 bits per heavy atom. The van der Waals surface area contributed by atoms with Gasteiger partial charge >= 0.3 is 0 Å². The molecule has 0 spiro atoms. The number of hydrogen-bond acceptors (Lipinski definition) is 5. The van der Waals surface area contributed by atoms with E-state index in [0.717, 1.165) is 11.4 Å². The highest BCUT2D eigenvalue weighted by atomic mass is 35.5. The quantitative estimate of drug-likeness (QED) is 0.694. The average molecular weight is 453 g/mol. The number of anilines is 2. The van der Waals surface area contributed by atoms with Crippen molar-refractivity contribution < 1.29 is 13.2 Å². The van der Waals surface area contributed by atoms with Crippen molar-refractivity contribution in [2.24, 2.45) is 0 Å². The predicted molar refractivity (Wildman–Crippen MR) is 120 cm³/mol. The number of benzene rings is 2. The van der Waals surface area contributed by atoms with Crippen LogP contribution in [0.4, 0.5) is 11.4 Å². The molecule has 1 fully saturated rings. The maximum Gasteiger partial charge on any atom is 0.258 e. The molecule has 7 nitrogen and oxygen atoms in total. The molecule has 1 aliphatic rings. The molecule has 0 radical (unpaired) electrons. The number of carbonyl (C=O) groups is 1. The molecule has 1 saturated heterocycles. The van der Waals surface area contributed by atoms with E-state index < -0.39 is 10.0 Å². The third-order valence-electron chi connectivity index (χ3n) is 4.54. The van der Waals surface area contributed by atoms with Gasteiger partial charge in [0.2, 0.25) is 10.0 Å². The van der Waals surface area contributed by atoms with Gasteiger partial charge in [-0.05, 0) is 48.6 Å². The van der Waals surface area contributed by atoms with Crippen molar-refractivity contribution >= 4 is 56.2 Å². The SMILES string of the molecule is CS(=O)(=O)N1CCN(c2ccc(NC(=S)NC(=O)c3ccccc3Cl)cc2)CC1. The van der Waals surface area contributed by atoms with E-state index in [-0.39, 0.29) is 11.0 Å². The third kappa shape index (κ3) is 5.66. The normalized spacial score (nSPS) is 15.0. The van der Waals surface area contributed by atoms with E-state index >= 15 is 0 Å². The fraction of sp³-hybridized carbons (Fsp3) is 0.263.